The van der Waals surface area contributed by atoms with Crippen LogP contribution in [-0.4, -0.2) is 18.2 Å². The topological polar surface area (TPSA) is 64.0 Å². The molecule has 0 spiro atoms. The highest BCUT2D eigenvalue weighted by Crippen LogP contribution is 2.23. The lowest BCUT2D eigenvalue weighted by Crippen LogP contribution is -2.14. The number of sulfonamides is 1. The number of anilines is 1. The number of hydrogen-bond donors (Lipinski definition) is 1. The van der Waals surface area contributed by atoms with E-state index in [1.165, 1.54) is 0 Å². The van der Waals surface area contributed by atoms with Gasteiger partial charge in [-0.2, -0.15) is 5.10 Å². The molecule has 2 rings (SSSR count). The van der Waals surface area contributed by atoms with Crippen molar-refractivity contribution >= 4 is 15.7 Å². The first-order valence-electron chi connectivity index (χ1n) is 7.04. The highest BCUT2D eigenvalue weighted by atomic mass is 32.2. The zero-order valence-corrected chi connectivity index (χ0v) is 13.7. The Morgan fingerprint density at radius 2 is 1.76 bits per heavy atom. The Kier molecular flexibility index (Phi) is 4.37. The van der Waals surface area contributed by atoms with Gasteiger partial charge in [-0.05, 0) is 44.9 Å². The van der Waals surface area contributed by atoms with Crippen LogP contribution in [0.15, 0.2) is 29.2 Å². The first-order valence-corrected chi connectivity index (χ1v) is 8.53. The maximum Gasteiger partial charge on any atom is 0.262 e. The minimum absolute atomic E-state index is 0.266. The quantitative estimate of drug-likeness (QED) is 0.923. The summed E-state index contributed by atoms with van der Waals surface area (Å²) in [6.45, 7) is 8.38. The van der Waals surface area contributed by atoms with Gasteiger partial charge in [0.05, 0.1) is 22.0 Å². The van der Waals surface area contributed by atoms with Crippen molar-refractivity contribution in [1.82, 2.24) is 9.78 Å². The van der Waals surface area contributed by atoms with E-state index in [9.17, 15) is 8.42 Å². The number of benzene rings is 1. The molecule has 0 bridgehead atoms. The van der Waals surface area contributed by atoms with E-state index >= 15 is 0 Å². The van der Waals surface area contributed by atoms with Crippen LogP contribution >= 0.6 is 0 Å². The lowest BCUT2D eigenvalue weighted by atomic mass is 10.2. The summed E-state index contributed by atoms with van der Waals surface area (Å²) in [6.07, 6.45) is 0.884. The minimum atomic E-state index is -3.58. The zero-order valence-electron chi connectivity index (χ0n) is 12.8. The van der Waals surface area contributed by atoms with E-state index in [4.69, 9.17) is 0 Å². The standard InChI is InChI=1S/C15H21N3O2S/c1-5-13-7-9-14(10-8-13)21(19,20)17-15-11(3)16-18(6-2)12(15)4/h7-10,17H,5-6H2,1-4H3. The summed E-state index contributed by atoms with van der Waals surface area (Å²) in [4.78, 5) is 0.266. The van der Waals surface area contributed by atoms with Gasteiger partial charge in [0.2, 0.25) is 0 Å². The Hall–Kier alpha value is -1.82. The van der Waals surface area contributed by atoms with Crippen LogP contribution in [0.2, 0.25) is 0 Å². The molecule has 0 fully saturated rings. The van der Waals surface area contributed by atoms with Crippen molar-refractivity contribution in [2.45, 2.75) is 45.6 Å². The first kappa shape index (κ1) is 15.6. The number of nitrogens with one attached hydrogen (secondary N) is 1. The van der Waals surface area contributed by atoms with E-state index in [0.717, 1.165) is 17.7 Å². The third-order valence-corrected chi connectivity index (χ3v) is 4.92. The minimum Gasteiger partial charge on any atom is -0.276 e. The molecule has 0 aliphatic rings. The maximum atomic E-state index is 12.5. The smallest absolute Gasteiger partial charge is 0.262 e. The van der Waals surface area contributed by atoms with Crippen LogP contribution in [0.25, 0.3) is 0 Å². The summed E-state index contributed by atoms with van der Waals surface area (Å²) >= 11 is 0. The first-order chi connectivity index (χ1) is 9.89. The number of aromatic nitrogens is 2. The van der Waals surface area contributed by atoms with Crippen molar-refractivity contribution in [2.24, 2.45) is 0 Å². The van der Waals surface area contributed by atoms with Crippen molar-refractivity contribution in [3.8, 4) is 0 Å². The largest absolute Gasteiger partial charge is 0.276 e. The lowest BCUT2D eigenvalue weighted by molar-refractivity contribution is 0.601. The van der Waals surface area contributed by atoms with E-state index in [-0.39, 0.29) is 4.90 Å². The molecule has 1 aromatic carbocycles. The van der Waals surface area contributed by atoms with Crippen molar-refractivity contribution < 1.29 is 8.42 Å². The van der Waals surface area contributed by atoms with Crippen LogP contribution in [0, 0.1) is 13.8 Å². The molecule has 21 heavy (non-hydrogen) atoms. The Labute approximate surface area is 126 Å². The monoisotopic (exact) mass is 307 g/mol. The molecule has 0 atom stereocenters. The van der Waals surface area contributed by atoms with Crippen molar-refractivity contribution in [3.63, 3.8) is 0 Å². The predicted octanol–water partition coefficient (Wildman–Crippen LogP) is 2.88. The van der Waals surface area contributed by atoms with Gasteiger partial charge in [-0.15, -0.1) is 0 Å². The number of hydrogen-bond acceptors (Lipinski definition) is 3. The highest BCUT2D eigenvalue weighted by molar-refractivity contribution is 7.92. The fourth-order valence-corrected chi connectivity index (χ4v) is 3.43. The van der Waals surface area contributed by atoms with Crippen molar-refractivity contribution in [2.75, 3.05) is 4.72 Å². The third kappa shape index (κ3) is 3.10. The van der Waals surface area contributed by atoms with Gasteiger partial charge in [-0.25, -0.2) is 8.42 Å². The molecule has 1 aromatic heterocycles. The van der Waals surface area contributed by atoms with Gasteiger partial charge in [0.1, 0.15) is 0 Å². The normalized spacial score (nSPS) is 11.6. The van der Waals surface area contributed by atoms with Crippen LogP contribution in [0.5, 0.6) is 0 Å². The molecule has 6 heteroatoms. The second-order valence-electron chi connectivity index (χ2n) is 4.96. The summed E-state index contributed by atoms with van der Waals surface area (Å²) in [6, 6.07) is 6.94. The molecular formula is C15H21N3O2S. The molecule has 0 aliphatic carbocycles. The molecule has 0 amide bonds. The lowest BCUT2D eigenvalue weighted by Gasteiger charge is -2.09. The third-order valence-electron chi connectivity index (χ3n) is 3.56. The fourth-order valence-electron chi connectivity index (χ4n) is 2.25. The molecule has 5 nitrogen and oxygen atoms in total. The highest BCUT2D eigenvalue weighted by Gasteiger charge is 2.19. The summed E-state index contributed by atoms with van der Waals surface area (Å²) in [5.74, 6) is 0. The van der Waals surface area contributed by atoms with Crippen LogP contribution in [0.4, 0.5) is 5.69 Å². The molecule has 0 unspecified atom stereocenters. The molecular weight excluding hydrogens is 286 g/mol. The van der Waals surface area contributed by atoms with E-state index in [1.807, 2.05) is 32.9 Å². The number of nitrogens with zero attached hydrogens (tertiary/aromatic N) is 2. The van der Waals surface area contributed by atoms with Gasteiger partial charge < -0.3 is 0 Å². The SMILES string of the molecule is CCc1ccc(S(=O)(=O)Nc2c(C)nn(CC)c2C)cc1. The molecule has 0 saturated carbocycles. The Morgan fingerprint density at radius 3 is 2.24 bits per heavy atom. The van der Waals surface area contributed by atoms with Gasteiger partial charge in [0.25, 0.3) is 10.0 Å². The van der Waals surface area contributed by atoms with Gasteiger partial charge >= 0.3 is 0 Å². The van der Waals surface area contributed by atoms with Gasteiger partial charge in [0.15, 0.2) is 0 Å². The summed E-state index contributed by atoms with van der Waals surface area (Å²) in [5, 5.41) is 4.32. The zero-order chi connectivity index (χ0) is 15.6. The Morgan fingerprint density at radius 1 is 1.14 bits per heavy atom. The van der Waals surface area contributed by atoms with Gasteiger partial charge in [-0.1, -0.05) is 19.1 Å². The predicted molar refractivity (Wildman–Crippen MR) is 84.0 cm³/mol. The van der Waals surface area contributed by atoms with E-state index in [2.05, 4.69) is 9.82 Å². The molecule has 0 saturated heterocycles. The van der Waals surface area contributed by atoms with Crippen LogP contribution in [0.3, 0.4) is 0 Å². The fraction of sp³-hybridized carbons (Fsp3) is 0.400. The second kappa shape index (κ2) is 5.89. The average molecular weight is 307 g/mol. The molecule has 0 aliphatic heterocycles. The van der Waals surface area contributed by atoms with E-state index in [1.54, 1.807) is 23.7 Å². The van der Waals surface area contributed by atoms with Crippen LogP contribution < -0.4 is 4.72 Å². The Balaban J connectivity index is 2.35. The molecule has 1 N–H and O–H groups in total. The average Bonchev–Trinajstić information content (AvgIpc) is 2.74. The summed E-state index contributed by atoms with van der Waals surface area (Å²) in [7, 11) is -3.58. The second-order valence-corrected chi connectivity index (χ2v) is 6.65. The summed E-state index contributed by atoms with van der Waals surface area (Å²) in [5.41, 5.74) is 3.18. The van der Waals surface area contributed by atoms with Crippen LogP contribution in [-0.2, 0) is 23.0 Å². The number of rotatable bonds is 5. The van der Waals surface area contributed by atoms with Crippen molar-refractivity contribution in [3.05, 3.63) is 41.2 Å². The van der Waals surface area contributed by atoms with Crippen LogP contribution in [0.1, 0.15) is 30.8 Å². The van der Waals surface area contributed by atoms with E-state index in [0.29, 0.717) is 17.9 Å². The maximum absolute atomic E-state index is 12.5. The summed E-state index contributed by atoms with van der Waals surface area (Å²) < 4.78 is 29.3. The van der Waals surface area contributed by atoms with Gasteiger partial charge in [-0.3, -0.25) is 9.40 Å². The molecule has 114 valence electrons. The Bertz CT molecular complexity index is 731. The number of aryl methyl sites for hydroxylation is 3. The molecule has 2 aromatic rings. The molecule has 0 radical (unpaired) electrons. The van der Waals surface area contributed by atoms with E-state index < -0.39 is 10.0 Å². The van der Waals surface area contributed by atoms with Gasteiger partial charge in [0, 0.05) is 6.54 Å². The molecule has 1 heterocycles. The van der Waals surface area contributed by atoms with Crippen molar-refractivity contribution in [1.29, 1.82) is 0 Å².